The summed E-state index contributed by atoms with van der Waals surface area (Å²) in [6, 6.07) is 0. The third-order valence-electron chi connectivity index (χ3n) is 5.13. The molecular formula is C21H41IN6. The van der Waals surface area contributed by atoms with Crippen LogP contribution >= 0.6 is 24.0 Å². The van der Waals surface area contributed by atoms with Crippen molar-refractivity contribution in [1.82, 2.24) is 25.4 Å². The van der Waals surface area contributed by atoms with Gasteiger partial charge in [0.2, 0.25) is 0 Å². The van der Waals surface area contributed by atoms with Crippen molar-refractivity contribution in [3.05, 3.63) is 11.6 Å². The lowest BCUT2D eigenvalue weighted by atomic mass is 10.0. The molecule has 28 heavy (non-hydrogen) atoms. The zero-order chi connectivity index (χ0) is 19.3. The van der Waals surface area contributed by atoms with Crippen molar-refractivity contribution < 1.29 is 0 Å². The van der Waals surface area contributed by atoms with Gasteiger partial charge >= 0.3 is 0 Å². The number of fused-ring (bicyclic) bond motifs is 1. The number of aromatic nitrogens is 3. The number of aliphatic imine (C=N–C) groups is 1. The fourth-order valence-electron chi connectivity index (χ4n) is 3.57. The molecule has 2 N–H and O–H groups in total. The van der Waals surface area contributed by atoms with Crippen molar-refractivity contribution >= 4 is 29.9 Å². The molecule has 0 saturated heterocycles. The number of hydrogen-bond acceptors (Lipinski definition) is 3. The predicted octanol–water partition coefficient (Wildman–Crippen LogP) is 4.33. The third-order valence-corrected chi connectivity index (χ3v) is 5.13. The smallest absolute Gasteiger partial charge is 0.191 e. The van der Waals surface area contributed by atoms with Crippen molar-refractivity contribution in [1.29, 1.82) is 0 Å². The number of aryl methyl sites for hydroxylation is 1. The zero-order valence-electron chi connectivity index (χ0n) is 18.2. The molecule has 0 atom stereocenters. The summed E-state index contributed by atoms with van der Waals surface area (Å²) in [5, 5.41) is 15.6. The summed E-state index contributed by atoms with van der Waals surface area (Å²) >= 11 is 0. The molecule has 2 heterocycles. The molecule has 7 heteroatoms. The minimum absolute atomic E-state index is 0. The molecule has 0 aliphatic carbocycles. The van der Waals surface area contributed by atoms with Crippen LogP contribution in [0.25, 0.3) is 0 Å². The standard InChI is InChI=1S/C21H40N6.HI/c1-4-22-21(23-15-10-6-5-8-12-18(2)3)24-16-14-20-26-25-19-13-9-7-11-17-27(19)20;/h18H,4-17H2,1-3H3,(H2,22,23,24);1H. The van der Waals surface area contributed by atoms with Gasteiger partial charge < -0.3 is 15.2 Å². The van der Waals surface area contributed by atoms with E-state index in [0.29, 0.717) is 0 Å². The van der Waals surface area contributed by atoms with Crippen molar-refractivity contribution in [3.8, 4) is 0 Å². The lowest BCUT2D eigenvalue weighted by molar-refractivity contribution is 0.521. The number of nitrogens with zero attached hydrogens (tertiary/aromatic N) is 4. The molecule has 0 fully saturated rings. The lowest BCUT2D eigenvalue weighted by Gasteiger charge is -2.12. The fourth-order valence-corrected chi connectivity index (χ4v) is 3.57. The highest BCUT2D eigenvalue weighted by atomic mass is 127. The molecule has 2 rings (SSSR count). The van der Waals surface area contributed by atoms with Crippen LogP contribution in [0.15, 0.2) is 4.99 Å². The maximum absolute atomic E-state index is 4.72. The number of rotatable bonds is 11. The van der Waals surface area contributed by atoms with Gasteiger partial charge in [0.05, 0.1) is 0 Å². The molecule has 0 bridgehead atoms. The molecule has 1 aliphatic rings. The van der Waals surface area contributed by atoms with Crippen LogP contribution in [0, 0.1) is 5.92 Å². The Labute approximate surface area is 188 Å². The molecule has 1 aliphatic heterocycles. The molecule has 0 unspecified atom stereocenters. The van der Waals surface area contributed by atoms with Gasteiger partial charge in [0.1, 0.15) is 11.6 Å². The predicted molar refractivity (Wildman–Crippen MR) is 129 cm³/mol. The monoisotopic (exact) mass is 504 g/mol. The second kappa shape index (κ2) is 15.0. The van der Waals surface area contributed by atoms with Crippen LogP contribution in [0.4, 0.5) is 0 Å². The van der Waals surface area contributed by atoms with E-state index in [-0.39, 0.29) is 24.0 Å². The first-order valence-corrected chi connectivity index (χ1v) is 11.1. The van der Waals surface area contributed by atoms with E-state index in [4.69, 9.17) is 4.99 Å². The van der Waals surface area contributed by atoms with Crippen molar-refractivity contribution in [2.75, 3.05) is 19.6 Å². The summed E-state index contributed by atoms with van der Waals surface area (Å²) in [6.45, 7) is 10.4. The Balaban J connectivity index is 0.00000392. The van der Waals surface area contributed by atoms with E-state index in [1.165, 1.54) is 57.2 Å². The summed E-state index contributed by atoms with van der Waals surface area (Å²) < 4.78 is 2.33. The van der Waals surface area contributed by atoms with E-state index in [1.54, 1.807) is 0 Å². The Morgan fingerprint density at radius 1 is 1.07 bits per heavy atom. The number of hydrogen-bond donors (Lipinski definition) is 2. The van der Waals surface area contributed by atoms with Gasteiger partial charge in [-0.25, -0.2) is 0 Å². The molecule has 1 aromatic rings. The molecule has 0 amide bonds. The van der Waals surface area contributed by atoms with Gasteiger partial charge in [-0.15, -0.1) is 34.2 Å². The molecule has 0 spiro atoms. The van der Waals surface area contributed by atoms with E-state index in [0.717, 1.165) is 56.7 Å². The Bertz CT molecular complexity index is 555. The number of unbranched alkanes of at least 4 members (excludes halogenated alkanes) is 3. The second-order valence-electron chi connectivity index (χ2n) is 8.03. The van der Waals surface area contributed by atoms with Gasteiger partial charge in [-0.2, -0.15) is 0 Å². The van der Waals surface area contributed by atoms with E-state index < -0.39 is 0 Å². The van der Waals surface area contributed by atoms with Gasteiger partial charge in [0.25, 0.3) is 0 Å². The minimum atomic E-state index is 0. The highest BCUT2D eigenvalue weighted by Crippen LogP contribution is 2.14. The highest BCUT2D eigenvalue weighted by Gasteiger charge is 2.14. The Morgan fingerprint density at radius 2 is 1.89 bits per heavy atom. The number of nitrogens with one attached hydrogen (secondary N) is 2. The van der Waals surface area contributed by atoms with Crippen LogP contribution in [-0.2, 0) is 19.4 Å². The molecule has 162 valence electrons. The van der Waals surface area contributed by atoms with Crippen LogP contribution in [0.1, 0.15) is 83.8 Å². The first kappa shape index (κ1) is 25.2. The zero-order valence-corrected chi connectivity index (χ0v) is 20.5. The largest absolute Gasteiger partial charge is 0.357 e. The van der Waals surface area contributed by atoms with Gasteiger partial charge in [0.15, 0.2) is 5.96 Å². The van der Waals surface area contributed by atoms with E-state index in [9.17, 15) is 0 Å². The van der Waals surface area contributed by atoms with Gasteiger partial charge in [-0.3, -0.25) is 4.99 Å². The summed E-state index contributed by atoms with van der Waals surface area (Å²) in [5.41, 5.74) is 0. The van der Waals surface area contributed by atoms with Crippen LogP contribution < -0.4 is 10.6 Å². The van der Waals surface area contributed by atoms with Crippen molar-refractivity contribution in [2.45, 2.75) is 91.5 Å². The minimum Gasteiger partial charge on any atom is -0.357 e. The van der Waals surface area contributed by atoms with Crippen LogP contribution in [0.5, 0.6) is 0 Å². The molecule has 1 aromatic heterocycles. The lowest BCUT2D eigenvalue weighted by Crippen LogP contribution is -2.38. The van der Waals surface area contributed by atoms with E-state index in [1.807, 2.05) is 0 Å². The second-order valence-corrected chi connectivity index (χ2v) is 8.03. The highest BCUT2D eigenvalue weighted by molar-refractivity contribution is 14.0. The van der Waals surface area contributed by atoms with E-state index in [2.05, 4.69) is 46.2 Å². The van der Waals surface area contributed by atoms with Crippen molar-refractivity contribution in [3.63, 3.8) is 0 Å². The number of halogens is 1. The summed E-state index contributed by atoms with van der Waals surface area (Å²) in [6.07, 6.45) is 12.2. The van der Waals surface area contributed by atoms with Gasteiger partial charge in [-0.05, 0) is 32.1 Å². The summed E-state index contributed by atoms with van der Waals surface area (Å²) in [7, 11) is 0. The Morgan fingerprint density at radius 3 is 2.68 bits per heavy atom. The average molecular weight is 505 g/mol. The van der Waals surface area contributed by atoms with Crippen LogP contribution in [-0.4, -0.2) is 40.4 Å². The van der Waals surface area contributed by atoms with Crippen molar-refractivity contribution in [2.24, 2.45) is 10.9 Å². The molecule has 0 saturated carbocycles. The maximum Gasteiger partial charge on any atom is 0.191 e. The van der Waals surface area contributed by atoms with E-state index >= 15 is 0 Å². The summed E-state index contributed by atoms with van der Waals surface area (Å²) in [4.78, 5) is 4.72. The maximum atomic E-state index is 4.72. The Kier molecular flexibility index (Phi) is 13.5. The molecule has 0 radical (unpaired) electrons. The Hall–Kier alpha value is -0.860. The fraction of sp³-hybridized carbons (Fsp3) is 0.857. The molecule has 0 aromatic carbocycles. The molecular weight excluding hydrogens is 463 g/mol. The normalized spacial score (nSPS) is 14.4. The average Bonchev–Trinajstić information content (AvgIpc) is 2.87. The topological polar surface area (TPSA) is 67.1 Å². The molecule has 6 nitrogen and oxygen atoms in total. The first-order chi connectivity index (χ1) is 13.2. The van der Waals surface area contributed by atoms with Crippen LogP contribution in [0.3, 0.4) is 0 Å². The van der Waals surface area contributed by atoms with Gasteiger partial charge in [-0.1, -0.05) is 46.0 Å². The third kappa shape index (κ3) is 9.56. The summed E-state index contributed by atoms with van der Waals surface area (Å²) in [5.74, 6) is 4.03. The quantitative estimate of drug-likeness (QED) is 0.204. The first-order valence-electron chi connectivity index (χ1n) is 11.1. The van der Waals surface area contributed by atoms with Gasteiger partial charge in [0, 0.05) is 39.0 Å². The SMILES string of the molecule is CCNC(=NCCCCCCC(C)C)NCCc1nnc2n1CCCCC2.I. The van der Waals surface area contributed by atoms with Crippen LogP contribution in [0.2, 0.25) is 0 Å². The number of guanidine groups is 1.